The van der Waals surface area contributed by atoms with Crippen molar-refractivity contribution in [2.75, 3.05) is 11.9 Å². The van der Waals surface area contributed by atoms with Gasteiger partial charge in [-0.15, -0.1) is 0 Å². The van der Waals surface area contributed by atoms with Crippen LogP contribution >= 0.6 is 23.2 Å². The van der Waals surface area contributed by atoms with Crippen LogP contribution < -0.4 is 5.32 Å². The molecule has 0 saturated carbocycles. The Hall–Kier alpha value is -2.63. The first kappa shape index (κ1) is 18.7. The van der Waals surface area contributed by atoms with Gasteiger partial charge in [0.15, 0.2) is 11.6 Å². The predicted molar refractivity (Wildman–Crippen MR) is 115 cm³/mol. The van der Waals surface area contributed by atoms with E-state index >= 15 is 0 Å². The number of hydrogen-bond acceptors (Lipinski definition) is 4. The number of rotatable bonds is 5. The first-order chi connectivity index (χ1) is 13.5. The molecule has 5 nitrogen and oxygen atoms in total. The first-order valence-electron chi connectivity index (χ1n) is 8.99. The number of aryl methyl sites for hydroxylation is 2. The van der Waals surface area contributed by atoms with Gasteiger partial charge in [0.2, 0.25) is 0 Å². The van der Waals surface area contributed by atoms with Crippen molar-refractivity contribution in [1.82, 2.24) is 19.7 Å². The molecular formula is C21H19Cl2N5. The van der Waals surface area contributed by atoms with Gasteiger partial charge >= 0.3 is 0 Å². The second-order valence-electron chi connectivity index (χ2n) is 6.65. The minimum absolute atomic E-state index is 0.451. The Kier molecular flexibility index (Phi) is 5.20. The highest BCUT2D eigenvalue weighted by Gasteiger charge is 2.15. The van der Waals surface area contributed by atoms with Crippen LogP contribution in [0.3, 0.4) is 0 Å². The van der Waals surface area contributed by atoms with Crippen LogP contribution in [-0.4, -0.2) is 26.3 Å². The number of hydrogen-bond donors (Lipinski definition) is 1. The Balaban J connectivity index is 1.74. The van der Waals surface area contributed by atoms with Gasteiger partial charge < -0.3 is 5.32 Å². The van der Waals surface area contributed by atoms with Crippen molar-refractivity contribution >= 4 is 40.1 Å². The summed E-state index contributed by atoms with van der Waals surface area (Å²) < 4.78 is 1.80. The zero-order valence-electron chi connectivity index (χ0n) is 15.6. The molecule has 4 rings (SSSR count). The fourth-order valence-electron chi connectivity index (χ4n) is 3.12. The summed E-state index contributed by atoms with van der Waals surface area (Å²) in [6.07, 6.45) is 0.874. The highest BCUT2D eigenvalue weighted by Crippen LogP contribution is 2.29. The molecule has 2 heterocycles. The number of benzene rings is 2. The number of nitrogens with one attached hydrogen (secondary N) is 1. The topological polar surface area (TPSA) is 55.6 Å². The van der Waals surface area contributed by atoms with E-state index in [0.717, 1.165) is 24.4 Å². The third kappa shape index (κ3) is 3.81. The Morgan fingerprint density at radius 3 is 2.25 bits per heavy atom. The first-order valence-corrected chi connectivity index (χ1v) is 9.75. The second-order valence-corrected chi connectivity index (χ2v) is 7.47. The lowest BCUT2D eigenvalue weighted by molar-refractivity contribution is 0.805. The SMILES string of the molecule is Cc1cc(C)n(-c2nc3cc(Cl)c(Cl)cc3nc2NCCc2ccccc2)n1. The van der Waals surface area contributed by atoms with Gasteiger partial charge in [0.25, 0.3) is 0 Å². The van der Waals surface area contributed by atoms with Crippen LogP contribution in [0, 0.1) is 13.8 Å². The van der Waals surface area contributed by atoms with Crippen LogP contribution in [0.4, 0.5) is 5.82 Å². The van der Waals surface area contributed by atoms with E-state index in [-0.39, 0.29) is 0 Å². The Morgan fingerprint density at radius 2 is 1.61 bits per heavy atom. The molecule has 0 aliphatic carbocycles. The molecule has 0 amide bonds. The lowest BCUT2D eigenvalue weighted by Crippen LogP contribution is -2.13. The molecule has 1 N–H and O–H groups in total. The van der Waals surface area contributed by atoms with Crippen molar-refractivity contribution in [3.8, 4) is 5.82 Å². The van der Waals surface area contributed by atoms with Gasteiger partial charge in [0, 0.05) is 12.2 Å². The predicted octanol–water partition coefficient (Wildman–Crippen LogP) is 5.39. The zero-order chi connectivity index (χ0) is 19.7. The molecule has 0 fully saturated rings. The van der Waals surface area contributed by atoms with Crippen molar-refractivity contribution in [2.45, 2.75) is 20.3 Å². The number of halogens is 2. The molecular weight excluding hydrogens is 393 g/mol. The monoisotopic (exact) mass is 411 g/mol. The maximum atomic E-state index is 6.17. The van der Waals surface area contributed by atoms with Gasteiger partial charge in [0.05, 0.1) is 26.8 Å². The molecule has 0 atom stereocenters. The highest BCUT2D eigenvalue weighted by molar-refractivity contribution is 6.42. The average molecular weight is 412 g/mol. The summed E-state index contributed by atoms with van der Waals surface area (Å²) in [5, 5.41) is 8.89. The van der Waals surface area contributed by atoms with Crippen LogP contribution in [0.25, 0.3) is 16.9 Å². The summed E-state index contributed by atoms with van der Waals surface area (Å²) in [6, 6.07) is 15.8. The van der Waals surface area contributed by atoms with Crippen LogP contribution in [0.1, 0.15) is 17.0 Å². The van der Waals surface area contributed by atoms with Crippen molar-refractivity contribution < 1.29 is 0 Å². The molecule has 0 saturated heterocycles. The Morgan fingerprint density at radius 1 is 0.929 bits per heavy atom. The molecule has 0 spiro atoms. The summed E-state index contributed by atoms with van der Waals surface area (Å²) in [5.74, 6) is 1.30. The Bertz CT molecular complexity index is 1140. The average Bonchev–Trinajstić information content (AvgIpc) is 3.01. The summed E-state index contributed by atoms with van der Waals surface area (Å²) in [7, 11) is 0. The lowest BCUT2D eigenvalue weighted by Gasteiger charge is -2.13. The maximum Gasteiger partial charge on any atom is 0.197 e. The lowest BCUT2D eigenvalue weighted by atomic mass is 10.1. The van der Waals surface area contributed by atoms with Gasteiger partial charge in [-0.1, -0.05) is 53.5 Å². The summed E-state index contributed by atoms with van der Waals surface area (Å²) in [6.45, 7) is 4.67. The molecule has 2 aromatic heterocycles. The van der Waals surface area contributed by atoms with Crippen molar-refractivity contribution in [3.05, 3.63) is 75.5 Å². The number of fused-ring (bicyclic) bond motifs is 1. The fourth-order valence-corrected chi connectivity index (χ4v) is 3.44. The second kappa shape index (κ2) is 7.78. The van der Waals surface area contributed by atoms with E-state index in [9.17, 15) is 0 Å². The molecule has 0 bridgehead atoms. The Labute approximate surface area is 173 Å². The smallest absolute Gasteiger partial charge is 0.197 e. The third-order valence-corrected chi connectivity index (χ3v) is 5.17. The summed E-state index contributed by atoms with van der Waals surface area (Å²) >= 11 is 12.3. The molecule has 142 valence electrons. The molecule has 0 unspecified atom stereocenters. The van der Waals surface area contributed by atoms with E-state index in [1.807, 2.05) is 38.1 Å². The van der Waals surface area contributed by atoms with E-state index in [1.54, 1.807) is 16.8 Å². The summed E-state index contributed by atoms with van der Waals surface area (Å²) in [5.41, 5.74) is 4.51. The quantitative estimate of drug-likeness (QED) is 0.477. The van der Waals surface area contributed by atoms with Crippen LogP contribution in [-0.2, 0) is 6.42 Å². The van der Waals surface area contributed by atoms with Crippen LogP contribution in [0.2, 0.25) is 10.0 Å². The number of nitrogens with zero attached hydrogens (tertiary/aromatic N) is 4. The minimum atomic E-state index is 0.451. The van der Waals surface area contributed by atoms with Gasteiger partial charge in [-0.2, -0.15) is 5.10 Å². The van der Waals surface area contributed by atoms with Crippen molar-refractivity contribution in [2.24, 2.45) is 0 Å². The number of anilines is 1. The maximum absolute atomic E-state index is 6.17. The van der Waals surface area contributed by atoms with E-state index in [0.29, 0.717) is 32.7 Å². The van der Waals surface area contributed by atoms with E-state index < -0.39 is 0 Å². The normalized spacial score (nSPS) is 11.1. The van der Waals surface area contributed by atoms with Gasteiger partial charge in [-0.25, -0.2) is 14.6 Å². The largest absolute Gasteiger partial charge is 0.367 e. The molecule has 2 aromatic carbocycles. The van der Waals surface area contributed by atoms with Gasteiger partial charge in [-0.3, -0.25) is 0 Å². The fraction of sp³-hybridized carbons (Fsp3) is 0.190. The summed E-state index contributed by atoms with van der Waals surface area (Å²) in [4.78, 5) is 9.54. The van der Waals surface area contributed by atoms with E-state index in [2.05, 4.69) is 22.5 Å². The minimum Gasteiger partial charge on any atom is -0.367 e. The molecule has 0 radical (unpaired) electrons. The molecule has 7 heteroatoms. The zero-order valence-corrected chi connectivity index (χ0v) is 17.1. The molecule has 0 aliphatic heterocycles. The van der Waals surface area contributed by atoms with Gasteiger partial charge in [-0.05, 0) is 44.0 Å². The molecule has 0 aliphatic rings. The highest BCUT2D eigenvalue weighted by atomic mass is 35.5. The number of aromatic nitrogens is 4. The van der Waals surface area contributed by atoms with Crippen molar-refractivity contribution in [1.29, 1.82) is 0 Å². The van der Waals surface area contributed by atoms with E-state index in [4.69, 9.17) is 33.2 Å². The van der Waals surface area contributed by atoms with Crippen molar-refractivity contribution in [3.63, 3.8) is 0 Å². The van der Waals surface area contributed by atoms with Crippen LogP contribution in [0.5, 0.6) is 0 Å². The van der Waals surface area contributed by atoms with E-state index in [1.165, 1.54) is 5.56 Å². The standard InChI is InChI=1S/C21H19Cl2N5/c1-13-10-14(2)28(27-13)21-20(24-9-8-15-6-4-3-5-7-15)25-18-11-16(22)17(23)12-19(18)26-21/h3-7,10-12H,8-9H2,1-2H3,(H,24,25). The van der Waals surface area contributed by atoms with Crippen LogP contribution in [0.15, 0.2) is 48.5 Å². The third-order valence-electron chi connectivity index (χ3n) is 4.45. The molecule has 4 aromatic rings. The molecule has 28 heavy (non-hydrogen) atoms. The van der Waals surface area contributed by atoms with Gasteiger partial charge in [0.1, 0.15) is 0 Å².